The van der Waals surface area contributed by atoms with Gasteiger partial charge in [-0.05, 0) is 49.4 Å². The molecule has 2 bridgehead atoms. The summed E-state index contributed by atoms with van der Waals surface area (Å²) in [6.07, 6.45) is 3.64. The summed E-state index contributed by atoms with van der Waals surface area (Å²) in [6.45, 7) is 0.0189. The predicted octanol–water partition coefficient (Wildman–Crippen LogP) is 4.46. The molecule has 40 heavy (non-hydrogen) atoms. The van der Waals surface area contributed by atoms with Gasteiger partial charge in [-0.1, -0.05) is 5.92 Å². The summed E-state index contributed by atoms with van der Waals surface area (Å²) in [5, 5.41) is 9.24. The summed E-state index contributed by atoms with van der Waals surface area (Å²) < 4.78 is 85.7. The molecule has 0 saturated carbocycles. The topological polar surface area (TPSA) is 96.8 Å². The van der Waals surface area contributed by atoms with Crippen LogP contribution >= 0.6 is 11.8 Å². The highest BCUT2D eigenvalue weighted by molar-refractivity contribution is 8.00. The van der Waals surface area contributed by atoms with Gasteiger partial charge in [0.05, 0.1) is 36.0 Å². The van der Waals surface area contributed by atoms with E-state index in [9.17, 15) is 21.6 Å². The molecular formula is C26H27F4N5O3S2. The molecule has 5 rings (SSSR count). The fraction of sp³-hybridized carbons (Fsp3) is 0.423. The number of hydrogen-bond acceptors (Lipinski definition) is 8. The highest BCUT2D eigenvalue weighted by Gasteiger charge is 2.42. The Labute approximate surface area is 233 Å². The van der Waals surface area contributed by atoms with Crippen molar-refractivity contribution in [2.75, 3.05) is 30.5 Å². The first-order valence-electron chi connectivity index (χ1n) is 12.5. The number of thioether (sulfide) groups is 1. The Morgan fingerprint density at radius 3 is 2.77 bits per heavy atom. The maximum absolute atomic E-state index is 15.0. The number of ether oxygens (including phenoxy) is 1. The van der Waals surface area contributed by atoms with Crippen molar-refractivity contribution in [1.82, 2.24) is 14.7 Å². The Morgan fingerprint density at radius 1 is 1.25 bits per heavy atom. The Kier molecular flexibility index (Phi) is 7.82. The van der Waals surface area contributed by atoms with E-state index in [1.165, 1.54) is 35.9 Å². The molecule has 0 amide bonds. The smallest absolute Gasteiger partial charge is 0.447 e. The van der Waals surface area contributed by atoms with Gasteiger partial charge in [-0.2, -0.15) is 13.2 Å². The Bertz CT molecular complexity index is 1580. The molecule has 1 aromatic carbocycles. The molecule has 3 aromatic rings. The number of fused-ring (bicyclic) bond motifs is 3. The predicted molar refractivity (Wildman–Crippen MR) is 145 cm³/mol. The molecule has 0 radical (unpaired) electrons. The van der Waals surface area contributed by atoms with Crippen molar-refractivity contribution in [3.8, 4) is 17.6 Å². The molecule has 14 heteroatoms. The average Bonchev–Trinajstić information content (AvgIpc) is 3.46. The maximum Gasteiger partial charge on any atom is 0.447 e. The number of rotatable bonds is 7. The summed E-state index contributed by atoms with van der Waals surface area (Å²) >= 11 is -0.317. The van der Waals surface area contributed by atoms with E-state index in [-0.39, 0.29) is 57.4 Å². The third-order valence-corrected chi connectivity index (χ3v) is 8.84. The molecule has 4 atom stereocenters. The van der Waals surface area contributed by atoms with Gasteiger partial charge >= 0.3 is 5.51 Å². The van der Waals surface area contributed by atoms with Crippen LogP contribution in [0.3, 0.4) is 0 Å². The zero-order valence-electron chi connectivity index (χ0n) is 21.5. The Morgan fingerprint density at radius 2 is 2.05 bits per heavy atom. The fourth-order valence-electron chi connectivity index (χ4n) is 5.11. The van der Waals surface area contributed by atoms with E-state index in [1.54, 1.807) is 12.1 Å². The van der Waals surface area contributed by atoms with Gasteiger partial charge in [0.15, 0.2) is 15.5 Å². The summed E-state index contributed by atoms with van der Waals surface area (Å²) in [5.41, 5.74) is -3.53. The van der Waals surface area contributed by atoms with Gasteiger partial charge in [0.25, 0.3) is 0 Å². The number of hydrogen-bond donors (Lipinski definition) is 3. The number of nitrogens with one attached hydrogen (secondary N) is 3. The van der Waals surface area contributed by atoms with Gasteiger partial charge in [0.1, 0.15) is 22.6 Å². The van der Waals surface area contributed by atoms with Crippen LogP contribution in [0.2, 0.25) is 0 Å². The maximum atomic E-state index is 15.0. The van der Waals surface area contributed by atoms with Gasteiger partial charge < -0.3 is 20.7 Å². The van der Waals surface area contributed by atoms with Crippen LogP contribution in [-0.4, -0.2) is 67.5 Å². The second kappa shape index (κ2) is 11.0. The number of imidazole rings is 1. The lowest BCUT2D eigenvalue weighted by molar-refractivity contribution is -0.0329. The van der Waals surface area contributed by atoms with Gasteiger partial charge in [0.2, 0.25) is 0 Å². The molecule has 214 valence electrons. The van der Waals surface area contributed by atoms with Gasteiger partial charge in [-0.15, -0.1) is 0 Å². The molecule has 4 heterocycles. The fourth-order valence-corrected chi connectivity index (χ4v) is 6.40. The average molecular weight is 598 g/mol. The van der Waals surface area contributed by atoms with Crippen LogP contribution in [0.4, 0.5) is 28.9 Å². The van der Waals surface area contributed by atoms with Crippen LogP contribution in [0.5, 0.6) is 5.75 Å². The van der Waals surface area contributed by atoms with E-state index in [2.05, 4.69) is 32.8 Å². The van der Waals surface area contributed by atoms with Crippen LogP contribution in [0.25, 0.3) is 5.65 Å². The minimum atomic E-state index is -4.58. The lowest BCUT2D eigenvalue weighted by Gasteiger charge is -2.33. The highest BCUT2D eigenvalue weighted by atomic mass is 32.2. The third kappa shape index (κ3) is 6.11. The molecule has 2 fully saturated rings. The SMILES string of the molecule is COc1cc(S(C)(=O)=O)ccc1NCC#Cc1nc2c(N[C@@H]3C[C@H]4CC[C@H](N4)[C@@H]3F)cccn2c1SC(F)(F)F. The number of sulfone groups is 1. The minimum absolute atomic E-state index is 0.0189. The van der Waals surface area contributed by atoms with E-state index in [4.69, 9.17) is 4.74 Å². The summed E-state index contributed by atoms with van der Waals surface area (Å²) in [6, 6.07) is 7.06. The van der Waals surface area contributed by atoms with E-state index in [0.29, 0.717) is 17.8 Å². The second-order valence-corrected chi connectivity index (χ2v) is 12.8. The lowest BCUT2D eigenvalue weighted by atomic mass is 9.97. The van der Waals surface area contributed by atoms with Crippen molar-refractivity contribution < 1.29 is 30.7 Å². The van der Waals surface area contributed by atoms with Crippen LogP contribution < -0.4 is 20.7 Å². The first kappa shape index (κ1) is 28.4. The standard InChI is InChI=1S/C26H27F4N5O3S2/c1-38-22-14-16(40(2,36)37)8-10-17(22)31-11-3-5-20-25(39-26(28,29)30)35-12-4-6-19(24(35)34-20)33-21-13-15-7-9-18(32-15)23(21)27/h4,6,8,10,12,14-15,18,21,23,31-33H,7,9,11,13H2,1-2H3/t15-,18+,21-,23+/m1/s1. The largest absolute Gasteiger partial charge is 0.495 e. The summed E-state index contributed by atoms with van der Waals surface area (Å²) in [5.74, 6) is 5.78. The third-order valence-electron chi connectivity index (χ3n) is 6.92. The number of nitrogens with zero attached hydrogens (tertiary/aromatic N) is 2. The number of halogens is 4. The van der Waals surface area contributed by atoms with Gasteiger partial charge in [-0.3, -0.25) is 4.40 Å². The molecule has 0 unspecified atom stereocenters. The number of pyridine rings is 1. The number of benzene rings is 1. The molecule has 2 saturated heterocycles. The van der Waals surface area contributed by atoms with Crippen LogP contribution in [-0.2, 0) is 9.84 Å². The number of methoxy groups -OCH3 is 1. The highest BCUT2D eigenvalue weighted by Crippen LogP contribution is 2.40. The molecule has 0 spiro atoms. The molecule has 8 nitrogen and oxygen atoms in total. The van der Waals surface area contributed by atoms with Crippen LogP contribution in [0, 0.1) is 11.8 Å². The Balaban J connectivity index is 1.41. The monoisotopic (exact) mass is 597 g/mol. The zero-order valence-corrected chi connectivity index (χ0v) is 23.2. The molecule has 0 aliphatic carbocycles. The van der Waals surface area contributed by atoms with Crippen molar-refractivity contribution in [3.05, 3.63) is 42.2 Å². The first-order valence-corrected chi connectivity index (χ1v) is 15.2. The van der Waals surface area contributed by atoms with Crippen molar-refractivity contribution in [3.63, 3.8) is 0 Å². The summed E-state index contributed by atoms with van der Waals surface area (Å²) in [4.78, 5) is 4.49. The summed E-state index contributed by atoms with van der Waals surface area (Å²) in [7, 11) is -2.04. The van der Waals surface area contributed by atoms with Crippen molar-refractivity contribution in [2.24, 2.45) is 0 Å². The first-order chi connectivity index (χ1) is 18.9. The number of piperidine rings is 1. The number of anilines is 2. The van der Waals surface area contributed by atoms with Crippen LogP contribution in [0.1, 0.15) is 25.0 Å². The molecule has 2 aliphatic heterocycles. The molecule has 2 aliphatic rings. The molecular weight excluding hydrogens is 570 g/mol. The van der Waals surface area contributed by atoms with Crippen molar-refractivity contribution >= 4 is 38.6 Å². The van der Waals surface area contributed by atoms with E-state index >= 15 is 4.39 Å². The minimum Gasteiger partial charge on any atom is -0.495 e. The number of alkyl halides is 4. The van der Waals surface area contributed by atoms with Gasteiger partial charge in [0, 0.05) is 42.4 Å². The molecule has 2 aromatic heterocycles. The van der Waals surface area contributed by atoms with E-state index in [1.807, 2.05) is 0 Å². The molecule has 3 N–H and O–H groups in total. The lowest BCUT2D eigenvalue weighted by Crippen LogP contribution is -2.52. The second-order valence-electron chi connectivity index (χ2n) is 9.70. The Hall–Kier alpha value is -3.15. The van der Waals surface area contributed by atoms with E-state index in [0.717, 1.165) is 19.1 Å². The quantitative estimate of drug-likeness (QED) is 0.209. The van der Waals surface area contributed by atoms with Crippen molar-refractivity contribution in [2.45, 2.75) is 59.0 Å². The normalized spacial score (nSPS) is 22.6. The zero-order chi connectivity index (χ0) is 28.7. The van der Waals surface area contributed by atoms with Gasteiger partial charge in [-0.25, -0.2) is 17.8 Å². The van der Waals surface area contributed by atoms with Crippen LogP contribution in [0.15, 0.2) is 46.5 Å². The van der Waals surface area contributed by atoms with Crippen molar-refractivity contribution in [1.29, 1.82) is 0 Å². The number of aromatic nitrogens is 2. The van der Waals surface area contributed by atoms with E-state index < -0.39 is 27.6 Å².